The molecule has 2 rings (SSSR count). The molecule has 4 atom stereocenters. The van der Waals surface area contributed by atoms with Gasteiger partial charge in [0.1, 0.15) is 0 Å². The minimum absolute atomic E-state index is 0.0262. The maximum atomic E-state index is 12.5. The number of hydrogen-bond acceptors (Lipinski definition) is 4. The Morgan fingerprint density at radius 2 is 2.28 bits per heavy atom. The monoisotopic (exact) mass is 256 g/mol. The van der Waals surface area contributed by atoms with Crippen molar-refractivity contribution in [1.82, 2.24) is 4.90 Å². The number of hydrogen-bond donors (Lipinski definition) is 2. The summed E-state index contributed by atoms with van der Waals surface area (Å²) in [7, 11) is 0. The minimum atomic E-state index is -0.236. The van der Waals surface area contributed by atoms with Crippen LogP contribution in [0, 0.1) is 11.8 Å². The normalized spacial score (nSPS) is 37.6. The van der Waals surface area contributed by atoms with Gasteiger partial charge in [0.2, 0.25) is 5.91 Å². The van der Waals surface area contributed by atoms with E-state index in [1.165, 1.54) is 0 Å². The highest BCUT2D eigenvalue weighted by Gasteiger charge is 2.36. The van der Waals surface area contributed by atoms with Gasteiger partial charge in [0.25, 0.3) is 0 Å². The Hall–Kier alpha value is -0.650. The molecule has 2 fully saturated rings. The van der Waals surface area contributed by atoms with Crippen molar-refractivity contribution in [3.05, 3.63) is 0 Å². The van der Waals surface area contributed by atoms with E-state index in [-0.39, 0.29) is 30.6 Å². The van der Waals surface area contributed by atoms with E-state index >= 15 is 0 Å². The third-order valence-corrected chi connectivity index (χ3v) is 4.27. The van der Waals surface area contributed by atoms with Gasteiger partial charge in [-0.3, -0.25) is 4.79 Å². The van der Waals surface area contributed by atoms with Gasteiger partial charge in [-0.2, -0.15) is 0 Å². The van der Waals surface area contributed by atoms with Crippen LogP contribution >= 0.6 is 0 Å². The number of aliphatic hydroxyl groups excluding tert-OH is 1. The molecule has 2 aliphatic rings. The van der Waals surface area contributed by atoms with E-state index in [2.05, 4.69) is 6.92 Å². The lowest BCUT2D eigenvalue weighted by atomic mass is 9.77. The SMILES string of the molecule is CC1CCCC(C(=O)N2CCOC(CO)C2)C1N. The number of rotatable bonds is 2. The highest BCUT2D eigenvalue weighted by atomic mass is 16.5. The quantitative estimate of drug-likeness (QED) is 0.727. The fraction of sp³-hybridized carbons (Fsp3) is 0.923. The van der Waals surface area contributed by atoms with Crippen LogP contribution in [0.25, 0.3) is 0 Å². The molecule has 104 valence electrons. The zero-order chi connectivity index (χ0) is 13.1. The second-order valence-corrected chi connectivity index (χ2v) is 5.55. The number of ether oxygens (including phenoxy) is 1. The summed E-state index contributed by atoms with van der Waals surface area (Å²) in [5, 5.41) is 9.11. The van der Waals surface area contributed by atoms with Gasteiger partial charge in [-0.05, 0) is 18.8 Å². The molecule has 0 spiro atoms. The van der Waals surface area contributed by atoms with Gasteiger partial charge < -0.3 is 20.5 Å². The molecule has 0 aromatic rings. The minimum Gasteiger partial charge on any atom is -0.394 e. The summed E-state index contributed by atoms with van der Waals surface area (Å²) in [6.45, 7) is 3.71. The molecule has 0 aromatic carbocycles. The fourth-order valence-corrected chi connectivity index (χ4v) is 2.99. The Balaban J connectivity index is 1.97. The van der Waals surface area contributed by atoms with Crippen molar-refractivity contribution in [1.29, 1.82) is 0 Å². The van der Waals surface area contributed by atoms with Crippen LogP contribution in [0.15, 0.2) is 0 Å². The summed E-state index contributed by atoms with van der Waals surface area (Å²) in [5.41, 5.74) is 6.17. The molecule has 1 saturated carbocycles. The zero-order valence-electron chi connectivity index (χ0n) is 11.0. The standard InChI is InChI=1S/C13H24N2O3/c1-9-3-2-4-11(12(9)14)13(17)15-5-6-18-10(7-15)8-16/h9-12,16H,2-8,14H2,1H3. The van der Waals surface area contributed by atoms with Crippen molar-refractivity contribution in [3.63, 3.8) is 0 Å². The Morgan fingerprint density at radius 1 is 1.50 bits per heavy atom. The first-order valence-electron chi connectivity index (χ1n) is 6.90. The van der Waals surface area contributed by atoms with Crippen molar-refractivity contribution < 1.29 is 14.6 Å². The van der Waals surface area contributed by atoms with E-state index in [4.69, 9.17) is 15.6 Å². The van der Waals surface area contributed by atoms with Crippen LogP contribution in [0.5, 0.6) is 0 Å². The fourth-order valence-electron chi connectivity index (χ4n) is 2.99. The van der Waals surface area contributed by atoms with Gasteiger partial charge in [-0.15, -0.1) is 0 Å². The van der Waals surface area contributed by atoms with Crippen molar-refractivity contribution in [2.45, 2.75) is 38.3 Å². The molecule has 1 saturated heterocycles. The Kier molecular flexibility index (Phi) is 4.59. The van der Waals surface area contributed by atoms with Gasteiger partial charge in [0.05, 0.1) is 25.2 Å². The third kappa shape index (κ3) is 2.84. The largest absolute Gasteiger partial charge is 0.394 e. The number of amides is 1. The van der Waals surface area contributed by atoms with Crippen LogP contribution in [0.4, 0.5) is 0 Å². The maximum absolute atomic E-state index is 12.5. The van der Waals surface area contributed by atoms with E-state index in [0.717, 1.165) is 19.3 Å². The zero-order valence-corrected chi connectivity index (χ0v) is 11.0. The molecular weight excluding hydrogens is 232 g/mol. The van der Waals surface area contributed by atoms with Gasteiger partial charge >= 0.3 is 0 Å². The topological polar surface area (TPSA) is 75.8 Å². The predicted octanol–water partition coefficient (Wildman–Crippen LogP) is -0.0304. The third-order valence-electron chi connectivity index (χ3n) is 4.27. The number of carbonyl (C=O) groups excluding carboxylic acids is 1. The summed E-state index contributed by atoms with van der Waals surface area (Å²) in [5.74, 6) is 0.518. The van der Waals surface area contributed by atoms with E-state index in [9.17, 15) is 4.79 Å². The van der Waals surface area contributed by atoms with Crippen LogP contribution in [0.1, 0.15) is 26.2 Å². The van der Waals surface area contributed by atoms with Crippen molar-refractivity contribution in [2.24, 2.45) is 17.6 Å². The van der Waals surface area contributed by atoms with Crippen LogP contribution in [-0.4, -0.2) is 54.4 Å². The smallest absolute Gasteiger partial charge is 0.227 e. The summed E-state index contributed by atoms with van der Waals surface area (Å²) < 4.78 is 5.37. The summed E-state index contributed by atoms with van der Waals surface area (Å²) >= 11 is 0. The average Bonchev–Trinajstić information content (AvgIpc) is 2.41. The molecule has 18 heavy (non-hydrogen) atoms. The molecule has 3 N–H and O–H groups in total. The number of nitrogens with two attached hydrogens (primary N) is 1. The highest BCUT2D eigenvalue weighted by Crippen LogP contribution is 2.29. The average molecular weight is 256 g/mol. The molecule has 5 heteroatoms. The molecule has 0 aromatic heterocycles. The predicted molar refractivity (Wildman–Crippen MR) is 67.9 cm³/mol. The number of nitrogens with zero attached hydrogens (tertiary/aromatic N) is 1. The highest BCUT2D eigenvalue weighted by molar-refractivity contribution is 5.79. The van der Waals surface area contributed by atoms with Crippen LogP contribution in [-0.2, 0) is 9.53 Å². The Labute approximate surface area is 108 Å². The molecule has 1 aliphatic heterocycles. The molecule has 0 radical (unpaired) electrons. The van der Waals surface area contributed by atoms with E-state index in [1.54, 1.807) is 0 Å². The second kappa shape index (κ2) is 5.99. The van der Waals surface area contributed by atoms with E-state index < -0.39 is 0 Å². The van der Waals surface area contributed by atoms with E-state index in [1.807, 2.05) is 4.90 Å². The summed E-state index contributed by atoms with van der Waals surface area (Å²) in [6, 6.07) is -0.0262. The lowest BCUT2D eigenvalue weighted by molar-refractivity contribution is -0.146. The molecule has 1 heterocycles. The molecule has 0 bridgehead atoms. The van der Waals surface area contributed by atoms with Crippen molar-refractivity contribution in [3.8, 4) is 0 Å². The lowest BCUT2D eigenvalue weighted by Crippen LogP contribution is -2.53. The van der Waals surface area contributed by atoms with Crippen molar-refractivity contribution in [2.75, 3.05) is 26.3 Å². The lowest BCUT2D eigenvalue weighted by Gasteiger charge is -2.39. The van der Waals surface area contributed by atoms with E-state index in [0.29, 0.717) is 25.6 Å². The molecule has 1 aliphatic carbocycles. The summed E-state index contributed by atoms with van der Waals surface area (Å²) in [4.78, 5) is 14.3. The number of aliphatic hydroxyl groups is 1. The van der Waals surface area contributed by atoms with Crippen molar-refractivity contribution >= 4 is 5.91 Å². The number of morpholine rings is 1. The second-order valence-electron chi connectivity index (χ2n) is 5.55. The summed E-state index contributed by atoms with van der Waals surface area (Å²) in [6.07, 6.45) is 2.86. The molecule has 5 nitrogen and oxygen atoms in total. The number of carbonyl (C=O) groups is 1. The van der Waals surface area contributed by atoms with Gasteiger partial charge in [-0.25, -0.2) is 0 Å². The van der Waals surface area contributed by atoms with Gasteiger partial charge in [0.15, 0.2) is 0 Å². The van der Waals surface area contributed by atoms with Gasteiger partial charge in [-0.1, -0.05) is 13.3 Å². The Morgan fingerprint density at radius 3 is 3.00 bits per heavy atom. The first kappa shape index (κ1) is 13.8. The van der Waals surface area contributed by atoms with Crippen LogP contribution < -0.4 is 5.73 Å². The Bertz CT molecular complexity index is 298. The molecule has 1 amide bonds. The van der Waals surface area contributed by atoms with Crippen LogP contribution in [0.3, 0.4) is 0 Å². The first-order chi connectivity index (χ1) is 8.63. The molecule has 4 unspecified atom stereocenters. The maximum Gasteiger partial charge on any atom is 0.227 e. The van der Waals surface area contributed by atoms with Crippen LogP contribution in [0.2, 0.25) is 0 Å². The van der Waals surface area contributed by atoms with Gasteiger partial charge in [0, 0.05) is 19.1 Å². The molecular formula is C13H24N2O3. The first-order valence-corrected chi connectivity index (χ1v) is 6.90.